The minimum absolute atomic E-state index is 0.191. The van der Waals surface area contributed by atoms with Crippen LogP contribution in [0.4, 0.5) is 4.39 Å². The van der Waals surface area contributed by atoms with E-state index >= 15 is 0 Å². The lowest BCUT2D eigenvalue weighted by Gasteiger charge is -2.35. The van der Waals surface area contributed by atoms with Gasteiger partial charge in [0.15, 0.2) is 0 Å². The summed E-state index contributed by atoms with van der Waals surface area (Å²) in [4.78, 5) is 1.53. The van der Waals surface area contributed by atoms with Gasteiger partial charge >= 0.3 is 0 Å². The van der Waals surface area contributed by atoms with Gasteiger partial charge in [-0.3, -0.25) is 0 Å². The number of halogens is 2. The van der Waals surface area contributed by atoms with Crippen LogP contribution in [-0.2, 0) is 10.0 Å². The Morgan fingerprint density at radius 3 is 2.36 bits per heavy atom. The largest absolute Gasteiger partial charge is 0.327 e. The van der Waals surface area contributed by atoms with Crippen molar-refractivity contribution in [3.05, 3.63) is 64.9 Å². The van der Waals surface area contributed by atoms with Crippen molar-refractivity contribution in [1.82, 2.24) is 4.31 Å². The van der Waals surface area contributed by atoms with Crippen molar-refractivity contribution in [2.75, 3.05) is 26.2 Å². The van der Waals surface area contributed by atoms with E-state index in [0.29, 0.717) is 31.2 Å². The number of sulfonamides is 1. The summed E-state index contributed by atoms with van der Waals surface area (Å²) >= 11 is 5.92. The molecule has 2 aromatic rings. The highest BCUT2D eigenvalue weighted by Crippen LogP contribution is 2.20. The quantitative estimate of drug-likeness (QED) is 0.878. The van der Waals surface area contributed by atoms with Gasteiger partial charge in [0.25, 0.3) is 0 Å². The van der Waals surface area contributed by atoms with Crippen LogP contribution in [0.5, 0.6) is 0 Å². The number of quaternary nitrogens is 1. The highest BCUT2D eigenvalue weighted by atomic mass is 35.5. The molecule has 3 rings (SSSR count). The Balaban J connectivity index is 1.68. The van der Waals surface area contributed by atoms with Crippen LogP contribution in [0, 0.1) is 5.82 Å². The minimum atomic E-state index is -3.52. The maximum Gasteiger partial charge on any atom is 0.243 e. The molecule has 1 aliphatic rings. The molecule has 1 fully saturated rings. The van der Waals surface area contributed by atoms with Gasteiger partial charge < -0.3 is 4.90 Å². The van der Waals surface area contributed by atoms with Gasteiger partial charge in [-0.15, -0.1) is 0 Å². The van der Waals surface area contributed by atoms with Crippen LogP contribution in [0.2, 0.25) is 5.02 Å². The summed E-state index contributed by atoms with van der Waals surface area (Å²) in [6, 6.07) is 13.1. The Morgan fingerprint density at radius 1 is 1.12 bits per heavy atom. The van der Waals surface area contributed by atoms with Crippen molar-refractivity contribution in [3.63, 3.8) is 0 Å². The minimum Gasteiger partial charge on any atom is -0.327 e. The highest BCUT2D eigenvalue weighted by Gasteiger charge is 2.32. The topological polar surface area (TPSA) is 41.8 Å². The SMILES string of the molecule is C[C@H](c1ccc(F)cc1)[NH+]1CCN(S(=O)(=O)c2cccc(Cl)c2)CC1. The fourth-order valence-corrected chi connectivity index (χ4v) is 4.95. The molecule has 0 radical (unpaired) electrons. The summed E-state index contributed by atoms with van der Waals surface area (Å²) in [5.74, 6) is -0.247. The first-order chi connectivity index (χ1) is 11.9. The van der Waals surface area contributed by atoms with E-state index < -0.39 is 10.0 Å². The molecule has 2 aromatic carbocycles. The van der Waals surface area contributed by atoms with Gasteiger partial charge in [0.2, 0.25) is 10.0 Å². The second-order valence-corrected chi connectivity index (χ2v) is 8.67. The molecular weight excluding hydrogens is 363 g/mol. The van der Waals surface area contributed by atoms with Crippen LogP contribution in [0.1, 0.15) is 18.5 Å². The summed E-state index contributed by atoms with van der Waals surface area (Å²) in [7, 11) is -3.52. The van der Waals surface area contributed by atoms with E-state index in [4.69, 9.17) is 11.6 Å². The van der Waals surface area contributed by atoms with Gasteiger partial charge in [0.05, 0.1) is 31.1 Å². The smallest absolute Gasteiger partial charge is 0.243 e. The monoisotopic (exact) mass is 383 g/mol. The van der Waals surface area contributed by atoms with Gasteiger partial charge in [-0.2, -0.15) is 4.31 Å². The van der Waals surface area contributed by atoms with Crippen LogP contribution < -0.4 is 4.90 Å². The molecule has 1 aliphatic heterocycles. The molecule has 0 aliphatic carbocycles. The molecule has 0 amide bonds. The van der Waals surface area contributed by atoms with Crippen molar-refractivity contribution < 1.29 is 17.7 Å². The third-order valence-corrected chi connectivity index (χ3v) is 6.91. The zero-order valence-corrected chi connectivity index (χ0v) is 15.5. The predicted molar refractivity (Wildman–Crippen MR) is 95.7 cm³/mol. The summed E-state index contributed by atoms with van der Waals surface area (Å²) in [5, 5.41) is 0.412. The van der Waals surface area contributed by atoms with Crippen LogP contribution in [0.3, 0.4) is 0 Å². The van der Waals surface area contributed by atoms with Gasteiger partial charge in [0, 0.05) is 10.6 Å². The van der Waals surface area contributed by atoms with Crippen LogP contribution in [0.15, 0.2) is 53.4 Å². The fraction of sp³-hybridized carbons (Fsp3) is 0.333. The lowest BCUT2D eigenvalue weighted by molar-refractivity contribution is -0.933. The van der Waals surface area contributed by atoms with E-state index in [9.17, 15) is 12.8 Å². The molecule has 0 bridgehead atoms. The highest BCUT2D eigenvalue weighted by molar-refractivity contribution is 7.89. The maximum absolute atomic E-state index is 13.1. The number of nitrogens with zero attached hydrogens (tertiary/aromatic N) is 1. The van der Waals surface area contributed by atoms with E-state index in [1.54, 1.807) is 30.3 Å². The Kier molecular flexibility index (Phi) is 5.43. The Morgan fingerprint density at radius 2 is 1.76 bits per heavy atom. The van der Waals surface area contributed by atoms with Crippen molar-refractivity contribution in [1.29, 1.82) is 0 Å². The molecule has 7 heteroatoms. The number of rotatable bonds is 4. The average molecular weight is 384 g/mol. The van der Waals surface area contributed by atoms with Gasteiger partial charge in [0.1, 0.15) is 11.9 Å². The summed E-state index contributed by atoms with van der Waals surface area (Å²) in [6.07, 6.45) is 0. The molecule has 1 N–H and O–H groups in total. The Hall–Kier alpha value is -1.47. The van der Waals surface area contributed by atoms with Crippen molar-refractivity contribution in [2.24, 2.45) is 0 Å². The number of nitrogens with one attached hydrogen (secondary N) is 1. The third-order valence-electron chi connectivity index (χ3n) is 4.78. The van der Waals surface area contributed by atoms with Gasteiger partial charge in [-0.1, -0.05) is 29.8 Å². The van der Waals surface area contributed by atoms with Crippen LogP contribution in [0.25, 0.3) is 0 Å². The number of hydrogen-bond acceptors (Lipinski definition) is 2. The number of piperazine rings is 1. The first-order valence-electron chi connectivity index (χ1n) is 8.23. The Labute approximate surface area is 152 Å². The summed E-state index contributed by atoms with van der Waals surface area (Å²) in [6.45, 7) is 4.41. The standard InChI is InChI=1S/C18H20ClFN2O2S/c1-14(15-5-7-17(20)8-6-15)21-9-11-22(12-10-21)25(23,24)18-4-2-3-16(19)13-18/h2-8,13-14H,9-12H2,1H3/p+1/t14-/m1/s1. The predicted octanol–water partition coefficient (Wildman–Crippen LogP) is 2.13. The molecule has 0 aromatic heterocycles. The lowest BCUT2D eigenvalue weighted by Crippen LogP contribution is -3.14. The summed E-state index contributed by atoms with van der Waals surface area (Å²) < 4.78 is 40.1. The van der Waals surface area contributed by atoms with E-state index in [0.717, 1.165) is 5.56 Å². The molecule has 134 valence electrons. The molecule has 0 unspecified atom stereocenters. The molecule has 0 saturated carbocycles. The van der Waals surface area contributed by atoms with Gasteiger partial charge in [-0.25, -0.2) is 12.8 Å². The number of benzene rings is 2. The third kappa shape index (κ3) is 4.03. The van der Waals surface area contributed by atoms with Crippen LogP contribution in [-0.4, -0.2) is 38.9 Å². The molecule has 0 spiro atoms. The Bertz CT molecular complexity index is 834. The zero-order valence-electron chi connectivity index (χ0n) is 14.0. The first-order valence-corrected chi connectivity index (χ1v) is 10.1. The van der Waals surface area contributed by atoms with E-state index in [2.05, 4.69) is 6.92 Å². The molecule has 25 heavy (non-hydrogen) atoms. The number of hydrogen-bond donors (Lipinski definition) is 1. The van der Waals surface area contributed by atoms with Crippen molar-refractivity contribution in [2.45, 2.75) is 17.9 Å². The lowest BCUT2D eigenvalue weighted by atomic mass is 10.1. The zero-order chi connectivity index (χ0) is 18.0. The molecule has 1 heterocycles. The average Bonchev–Trinajstić information content (AvgIpc) is 2.62. The van der Waals surface area contributed by atoms with Crippen molar-refractivity contribution >= 4 is 21.6 Å². The van der Waals surface area contributed by atoms with E-state index in [1.807, 2.05) is 0 Å². The van der Waals surface area contributed by atoms with Crippen molar-refractivity contribution in [3.8, 4) is 0 Å². The fourth-order valence-electron chi connectivity index (χ4n) is 3.21. The van der Waals surface area contributed by atoms with Gasteiger partial charge in [-0.05, 0) is 37.3 Å². The van der Waals surface area contributed by atoms with Crippen LogP contribution >= 0.6 is 11.6 Å². The second kappa shape index (κ2) is 7.41. The van der Waals surface area contributed by atoms with E-state index in [-0.39, 0.29) is 16.8 Å². The normalized spacial score (nSPS) is 18.2. The second-order valence-electron chi connectivity index (χ2n) is 6.29. The molecule has 1 atom stereocenters. The molecular formula is C18H21ClFN2O2S+. The first kappa shape index (κ1) is 18.3. The summed E-state index contributed by atoms with van der Waals surface area (Å²) in [5.41, 5.74) is 1.06. The molecule has 4 nitrogen and oxygen atoms in total. The maximum atomic E-state index is 13.1. The molecule has 1 saturated heterocycles. The van der Waals surface area contributed by atoms with E-state index in [1.165, 1.54) is 27.4 Å².